The van der Waals surface area contributed by atoms with Gasteiger partial charge in [-0.2, -0.15) is 47.0 Å². The maximum absolute atomic E-state index is 2.70. The Kier molecular flexibility index (Phi) is 8.36. The van der Waals surface area contributed by atoms with Crippen molar-refractivity contribution in [1.82, 2.24) is 4.90 Å². The fourth-order valence-corrected chi connectivity index (χ4v) is 9.01. The van der Waals surface area contributed by atoms with E-state index in [9.17, 15) is 0 Å². The van der Waals surface area contributed by atoms with Crippen LogP contribution in [-0.4, -0.2) is 64.0 Å². The number of benzene rings is 4. The molecule has 32 heavy (non-hydrogen) atoms. The highest BCUT2D eigenvalue weighted by Crippen LogP contribution is 2.36. The highest BCUT2D eigenvalue weighted by molar-refractivity contribution is 8.05. The average Bonchev–Trinajstić information content (AvgIpc) is 2.84. The standard InChI is InChI=1S/C27H31NS4/c1-2-21-4-5-23-6-7-24(25-9-8-22(3-1)26(21)27(23)25)20-28-10-12-29-14-16-31-18-19-32-17-15-30-13-11-28/h1-9H,10-20H2. The molecule has 0 spiro atoms. The van der Waals surface area contributed by atoms with Gasteiger partial charge in [0.25, 0.3) is 0 Å². The Bertz CT molecular complexity index is 1110. The van der Waals surface area contributed by atoms with Gasteiger partial charge in [0, 0.05) is 65.7 Å². The van der Waals surface area contributed by atoms with Crippen molar-refractivity contribution in [1.29, 1.82) is 0 Å². The molecule has 1 fully saturated rings. The second-order valence-electron chi connectivity index (χ2n) is 8.31. The first-order valence-corrected chi connectivity index (χ1v) is 16.2. The molecular weight excluding hydrogens is 467 g/mol. The van der Waals surface area contributed by atoms with Crippen molar-refractivity contribution in [3.63, 3.8) is 0 Å². The quantitative estimate of drug-likeness (QED) is 0.266. The molecule has 1 nitrogen and oxygen atoms in total. The van der Waals surface area contributed by atoms with Gasteiger partial charge >= 0.3 is 0 Å². The summed E-state index contributed by atoms with van der Waals surface area (Å²) < 4.78 is 0. The highest BCUT2D eigenvalue weighted by Gasteiger charge is 2.13. The van der Waals surface area contributed by atoms with E-state index in [-0.39, 0.29) is 0 Å². The van der Waals surface area contributed by atoms with Crippen molar-refractivity contribution in [3.05, 3.63) is 60.2 Å². The van der Waals surface area contributed by atoms with E-state index in [0.717, 1.165) is 6.54 Å². The van der Waals surface area contributed by atoms with Gasteiger partial charge in [-0.3, -0.25) is 4.90 Å². The number of nitrogens with zero attached hydrogens (tertiary/aromatic N) is 1. The van der Waals surface area contributed by atoms with Crippen LogP contribution >= 0.6 is 47.0 Å². The molecule has 0 unspecified atom stereocenters. The van der Waals surface area contributed by atoms with Crippen LogP contribution < -0.4 is 0 Å². The predicted octanol–water partition coefficient (Wildman–Crippen LogP) is 7.33. The van der Waals surface area contributed by atoms with Crippen LogP contribution in [0.4, 0.5) is 0 Å². The number of hydrogen-bond donors (Lipinski definition) is 0. The third-order valence-electron chi connectivity index (χ3n) is 6.23. The van der Waals surface area contributed by atoms with Gasteiger partial charge in [-0.15, -0.1) is 0 Å². The van der Waals surface area contributed by atoms with E-state index < -0.39 is 0 Å². The molecule has 4 aromatic rings. The van der Waals surface area contributed by atoms with E-state index in [1.165, 1.54) is 97.0 Å². The van der Waals surface area contributed by atoms with Crippen LogP contribution in [0.2, 0.25) is 0 Å². The SMILES string of the molecule is c1cc2ccc3ccc(CN4CCSCCSCCSCCSCC4)c4ccc(c1)c2c34. The maximum Gasteiger partial charge on any atom is 0.0240 e. The molecule has 5 rings (SSSR count). The van der Waals surface area contributed by atoms with Crippen molar-refractivity contribution in [2.45, 2.75) is 6.54 Å². The predicted molar refractivity (Wildman–Crippen MR) is 155 cm³/mol. The van der Waals surface area contributed by atoms with Crippen molar-refractivity contribution >= 4 is 79.4 Å². The van der Waals surface area contributed by atoms with Gasteiger partial charge in [0.1, 0.15) is 0 Å². The van der Waals surface area contributed by atoms with Crippen LogP contribution in [0.5, 0.6) is 0 Å². The molecule has 0 radical (unpaired) electrons. The largest absolute Gasteiger partial charge is 0.297 e. The summed E-state index contributed by atoms with van der Waals surface area (Å²) in [5, 5.41) is 8.41. The molecule has 0 saturated carbocycles. The number of rotatable bonds is 2. The van der Waals surface area contributed by atoms with Gasteiger partial charge in [0.15, 0.2) is 0 Å². The molecule has 0 aliphatic carbocycles. The van der Waals surface area contributed by atoms with Crippen molar-refractivity contribution in [2.75, 3.05) is 59.1 Å². The molecule has 1 aliphatic rings. The Morgan fingerprint density at radius 3 is 1.66 bits per heavy atom. The lowest BCUT2D eigenvalue weighted by Gasteiger charge is -2.24. The Balaban J connectivity index is 1.38. The first-order valence-electron chi connectivity index (χ1n) is 11.6. The summed E-state index contributed by atoms with van der Waals surface area (Å²) in [6.07, 6.45) is 0. The molecule has 1 saturated heterocycles. The molecule has 1 heterocycles. The van der Waals surface area contributed by atoms with Crippen LogP contribution in [0.25, 0.3) is 32.3 Å². The van der Waals surface area contributed by atoms with E-state index in [0.29, 0.717) is 0 Å². The molecule has 0 aromatic heterocycles. The number of thioether (sulfide) groups is 4. The fourth-order valence-electron chi connectivity index (χ4n) is 4.59. The highest BCUT2D eigenvalue weighted by atomic mass is 32.2. The summed E-state index contributed by atoms with van der Waals surface area (Å²) in [5.74, 6) is 10.3. The minimum Gasteiger partial charge on any atom is -0.297 e. The Morgan fingerprint density at radius 1 is 0.531 bits per heavy atom. The molecule has 5 heteroatoms. The summed E-state index contributed by atoms with van der Waals surface area (Å²) >= 11 is 8.53. The van der Waals surface area contributed by atoms with Crippen LogP contribution in [0, 0.1) is 0 Å². The van der Waals surface area contributed by atoms with Crippen molar-refractivity contribution < 1.29 is 0 Å². The van der Waals surface area contributed by atoms with Gasteiger partial charge in [-0.05, 0) is 37.9 Å². The van der Waals surface area contributed by atoms with Crippen LogP contribution in [-0.2, 0) is 6.54 Å². The third-order valence-corrected chi connectivity index (χ3v) is 10.9. The zero-order valence-electron chi connectivity index (χ0n) is 18.6. The summed E-state index contributed by atoms with van der Waals surface area (Å²) in [7, 11) is 0. The Hall–Kier alpha value is -0.720. The summed E-state index contributed by atoms with van der Waals surface area (Å²) in [6, 6.07) is 20.7. The lowest BCUT2D eigenvalue weighted by molar-refractivity contribution is 0.302. The molecule has 0 bridgehead atoms. The minimum absolute atomic E-state index is 1.05. The first kappa shape index (κ1) is 23.0. The summed E-state index contributed by atoms with van der Waals surface area (Å²) in [5.41, 5.74) is 1.48. The monoisotopic (exact) mass is 497 g/mol. The minimum atomic E-state index is 1.05. The maximum atomic E-state index is 2.70. The van der Waals surface area contributed by atoms with Gasteiger partial charge in [-0.25, -0.2) is 0 Å². The smallest absolute Gasteiger partial charge is 0.0240 e. The van der Waals surface area contributed by atoms with Crippen molar-refractivity contribution in [2.24, 2.45) is 0 Å². The topological polar surface area (TPSA) is 3.24 Å². The molecule has 4 aromatic carbocycles. The van der Waals surface area contributed by atoms with E-state index >= 15 is 0 Å². The van der Waals surface area contributed by atoms with Crippen molar-refractivity contribution in [3.8, 4) is 0 Å². The van der Waals surface area contributed by atoms with E-state index in [2.05, 4.69) is 107 Å². The second kappa shape index (κ2) is 11.6. The Morgan fingerprint density at radius 2 is 1.03 bits per heavy atom. The third kappa shape index (κ3) is 5.50. The zero-order chi connectivity index (χ0) is 21.6. The number of hydrogen-bond acceptors (Lipinski definition) is 5. The molecule has 1 aliphatic heterocycles. The molecule has 0 N–H and O–H groups in total. The van der Waals surface area contributed by atoms with E-state index in [1.807, 2.05) is 0 Å². The van der Waals surface area contributed by atoms with Gasteiger partial charge < -0.3 is 0 Å². The summed E-state index contributed by atoms with van der Waals surface area (Å²) in [6.45, 7) is 3.43. The fraction of sp³-hybridized carbons (Fsp3) is 0.407. The lowest BCUT2D eigenvalue weighted by atomic mass is 9.92. The molecular formula is C27H31NS4. The first-order chi connectivity index (χ1) is 15.9. The van der Waals surface area contributed by atoms with Crippen LogP contribution in [0.1, 0.15) is 5.56 Å². The molecule has 168 valence electrons. The molecule has 0 amide bonds. The summed E-state index contributed by atoms with van der Waals surface area (Å²) in [4.78, 5) is 2.70. The Labute approximate surface area is 209 Å². The van der Waals surface area contributed by atoms with E-state index in [4.69, 9.17) is 0 Å². The van der Waals surface area contributed by atoms with Gasteiger partial charge in [0.05, 0.1) is 0 Å². The zero-order valence-corrected chi connectivity index (χ0v) is 21.8. The van der Waals surface area contributed by atoms with Crippen LogP contribution in [0.3, 0.4) is 0 Å². The van der Waals surface area contributed by atoms with Gasteiger partial charge in [-0.1, -0.05) is 54.6 Å². The second-order valence-corrected chi connectivity index (χ2v) is 13.2. The normalized spacial score (nSPS) is 18.8. The lowest BCUT2D eigenvalue weighted by Crippen LogP contribution is -2.28. The van der Waals surface area contributed by atoms with Gasteiger partial charge in [0.2, 0.25) is 0 Å². The molecule has 0 atom stereocenters. The van der Waals surface area contributed by atoms with E-state index in [1.54, 1.807) is 0 Å². The van der Waals surface area contributed by atoms with Crippen LogP contribution in [0.15, 0.2) is 54.6 Å². The average molecular weight is 498 g/mol.